The van der Waals surface area contributed by atoms with Crippen LogP contribution in [-0.4, -0.2) is 19.2 Å². The van der Waals surface area contributed by atoms with Crippen molar-refractivity contribution >= 4 is 11.6 Å². The maximum atomic E-state index is 5.96. The summed E-state index contributed by atoms with van der Waals surface area (Å²) in [5, 5.41) is 3.92. The van der Waals surface area contributed by atoms with Gasteiger partial charge in [-0.05, 0) is 17.7 Å². The van der Waals surface area contributed by atoms with E-state index in [9.17, 15) is 0 Å². The lowest BCUT2D eigenvalue weighted by molar-refractivity contribution is 0.347. The van der Waals surface area contributed by atoms with Gasteiger partial charge in [-0.2, -0.15) is 0 Å². The smallest absolute Gasteiger partial charge is 0.138 e. The molecular formula is C13H18ClNO. The molecule has 1 aromatic rings. The molecule has 0 amide bonds. The van der Waals surface area contributed by atoms with Gasteiger partial charge in [-0.15, -0.1) is 0 Å². The number of rotatable bonds is 6. The predicted molar refractivity (Wildman–Crippen MR) is 69.2 cm³/mol. The van der Waals surface area contributed by atoms with Gasteiger partial charge in [-0.1, -0.05) is 44.2 Å². The summed E-state index contributed by atoms with van der Waals surface area (Å²) in [4.78, 5) is 0. The molecule has 0 saturated heterocycles. The largest absolute Gasteiger partial charge is 0.488 e. The SMILES string of the molecule is C=C(CNC(C)C)COc1ccccc1Cl. The van der Waals surface area contributed by atoms with Gasteiger partial charge in [-0.3, -0.25) is 0 Å². The minimum atomic E-state index is 0.456. The van der Waals surface area contributed by atoms with Gasteiger partial charge >= 0.3 is 0 Å². The van der Waals surface area contributed by atoms with E-state index in [4.69, 9.17) is 16.3 Å². The first-order valence-electron chi connectivity index (χ1n) is 5.37. The Balaban J connectivity index is 2.35. The Hall–Kier alpha value is -0.990. The van der Waals surface area contributed by atoms with Crippen molar-refractivity contribution in [1.29, 1.82) is 0 Å². The van der Waals surface area contributed by atoms with Crippen molar-refractivity contribution in [3.8, 4) is 5.75 Å². The lowest BCUT2D eigenvalue weighted by atomic mass is 10.3. The van der Waals surface area contributed by atoms with Crippen LogP contribution in [0, 0.1) is 0 Å². The Bertz CT molecular complexity index is 350. The molecule has 0 bridgehead atoms. The maximum absolute atomic E-state index is 5.96. The highest BCUT2D eigenvalue weighted by Gasteiger charge is 2.01. The zero-order valence-electron chi connectivity index (χ0n) is 9.79. The van der Waals surface area contributed by atoms with Gasteiger partial charge in [0, 0.05) is 12.6 Å². The number of nitrogens with one attached hydrogen (secondary N) is 1. The van der Waals surface area contributed by atoms with Crippen molar-refractivity contribution in [2.45, 2.75) is 19.9 Å². The summed E-state index contributed by atoms with van der Waals surface area (Å²) < 4.78 is 5.56. The summed E-state index contributed by atoms with van der Waals surface area (Å²) in [7, 11) is 0. The number of ether oxygens (including phenoxy) is 1. The second-order valence-corrected chi connectivity index (χ2v) is 4.41. The zero-order valence-corrected chi connectivity index (χ0v) is 10.6. The summed E-state index contributed by atoms with van der Waals surface area (Å²) >= 11 is 5.96. The quantitative estimate of drug-likeness (QED) is 0.770. The van der Waals surface area contributed by atoms with Gasteiger partial charge in [0.15, 0.2) is 0 Å². The first kappa shape index (κ1) is 13.1. The van der Waals surface area contributed by atoms with Crippen LogP contribution in [0.3, 0.4) is 0 Å². The highest BCUT2D eigenvalue weighted by atomic mass is 35.5. The van der Waals surface area contributed by atoms with Crippen LogP contribution in [0.15, 0.2) is 36.4 Å². The second kappa shape index (κ2) is 6.56. The molecular weight excluding hydrogens is 222 g/mol. The zero-order chi connectivity index (χ0) is 12.0. The molecule has 0 aliphatic rings. The Morgan fingerprint density at radius 3 is 2.75 bits per heavy atom. The van der Waals surface area contributed by atoms with Crippen LogP contribution >= 0.6 is 11.6 Å². The molecule has 0 aromatic heterocycles. The third-order valence-corrected chi connectivity index (χ3v) is 2.34. The normalized spacial score (nSPS) is 10.5. The minimum Gasteiger partial charge on any atom is -0.488 e. The summed E-state index contributed by atoms with van der Waals surface area (Å²) in [6.45, 7) is 9.40. The Morgan fingerprint density at radius 1 is 1.44 bits per heavy atom. The van der Waals surface area contributed by atoms with E-state index in [0.29, 0.717) is 23.4 Å². The molecule has 0 radical (unpaired) electrons. The van der Waals surface area contributed by atoms with E-state index < -0.39 is 0 Å². The lowest BCUT2D eigenvalue weighted by Crippen LogP contribution is -2.26. The molecule has 0 heterocycles. The monoisotopic (exact) mass is 239 g/mol. The van der Waals surface area contributed by atoms with Crippen LogP contribution in [0.1, 0.15) is 13.8 Å². The Labute approximate surface area is 102 Å². The van der Waals surface area contributed by atoms with Crippen LogP contribution in [0.4, 0.5) is 0 Å². The number of hydrogen-bond donors (Lipinski definition) is 1. The fraction of sp³-hybridized carbons (Fsp3) is 0.385. The van der Waals surface area contributed by atoms with E-state index >= 15 is 0 Å². The van der Waals surface area contributed by atoms with E-state index in [2.05, 4.69) is 25.7 Å². The third kappa shape index (κ3) is 4.69. The molecule has 1 aromatic carbocycles. The van der Waals surface area contributed by atoms with Crippen molar-refractivity contribution in [2.24, 2.45) is 0 Å². The van der Waals surface area contributed by atoms with Gasteiger partial charge in [0.25, 0.3) is 0 Å². The maximum Gasteiger partial charge on any atom is 0.138 e. The van der Waals surface area contributed by atoms with E-state index in [1.165, 1.54) is 0 Å². The summed E-state index contributed by atoms with van der Waals surface area (Å²) in [6.07, 6.45) is 0. The van der Waals surface area contributed by atoms with Gasteiger partial charge in [0.05, 0.1) is 5.02 Å². The van der Waals surface area contributed by atoms with Gasteiger partial charge in [-0.25, -0.2) is 0 Å². The molecule has 2 nitrogen and oxygen atoms in total. The van der Waals surface area contributed by atoms with E-state index in [-0.39, 0.29) is 0 Å². The van der Waals surface area contributed by atoms with E-state index in [0.717, 1.165) is 12.1 Å². The fourth-order valence-electron chi connectivity index (χ4n) is 1.14. The standard InChI is InChI=1S/C13H18ClNO/c1-10(2)15-8-11(3)9-16-13-7-5-4-6-12(13)14/h4-7,10,15H,3,8-9H2,1-2H3. The predicted octanol–water partition coefficient (Wildman–Crippen LogP) is 3.27. The van der Waals surface area contributed by atoms with Crippen molar-refractivity contribution in [3.05, 3.63) is 41.4 Å². The molecule has 0 aliphatic carbocycles. The molecule has 88 valence electrons. The molecule has 3 heteroatoms. The van der Waals surface area contributed by atoms with Crippen molar-refractivity contribution in [2.75, 3.05) is 13.2 Å². The van der Waals surface area contributed by atoms with Crippen LogP contribution in [-0.2, 0) is 0 Å². The number of halogens is 1. The summed E-state index contributed by atoms with van der Waals surface area (Å²) in [6, 6.07) is 7.90. The molecule has 0 aliphatic heterocycles. The Morgan fingerprint density at radius 2 is 2.12 bits per heavy atom. The second-order valence-electron chi connectivity index (χ2n) is 4.00. The number of benzene rings is 1. The highest BCUT2D eigenvalue weighted by Crippen LogP contribution is 2.23. The minimum absolute atomic E-state index is 0.456. The third-order valence-electron chi connectivity index (χ3n) is 2.03. The molecule has 0 spiro atoms. The van der Waals surface area contributed by atoms with Crippen molar-refractivity contribution in [3.63, 3.8) is 0 Å². The molecule has 1 N–H and O–H groups in total. The van der Waals surface area contributed by atoms with Crippen LogP contribution in [0.5, 0.6) is 5.75 Å². The van der Waals surface area contributed by atoms with Gasteiger partial charge in [0.2, 0.25) is 0 Å². The average Bonchev–Trinajstić information content (AvgIpc) is 2.25. The number of para-hydroxylation sites is 1. The van der Waals surface area contributed by atoms with Crippen molar-refractivity contribution < 1.29 is 4.74 Å². The van der Waals surface area contributed by atoms with E-state index in [1.54, 1.807) is 0 Å². The van der Waals surface area contributed by atoms with Crippen LogP contribution in [0.25, 0.3) is 0 Å². The molecule has 16 heavy (non-hydrogen) atoms. The van der Waals surface area contributed by atoms with Crippen molar-refractivity contribution in [1.82, 2.24) is 5.32 Å². The first-order valence-corrected chi connectivity index (χ1v) is 5.74. The van der Waals surface area contributed by atoms with Gasteiger partial charge < -0.3 is 10.1 Å². The van der Waals surface area contributed by atoms with Crippen LogP contribution in [0.2, 0.25) is 5.02 Å². The lowest BCUT2D eigenvalue weighted by Gasteiger charge is -2.12. The van der Waals surface area contributed by atoms with Gasteiger partial charge in [0.1, 0.15) is 12.4 Å². The Kier molecular flexibility index (Phi) is 5.36. The molecule has 0 unspecified atom stereocenters. The number of hydrogen-bond acceptors (Lipinski definition) is 2. The fourth-order valence-corrected chi connectivity index (χ4v) is 1.33. The molecule has 0 atom stereocenters. The van der Waals surface area contributed by atoms with E-state index in [1.807, 2.05) is 24.3 Å². The first-order chi connectivity index (χ1) is 7.59. The molecule has 1 rings (SSSR count). The highest BCUT2D eigenvalue weighted by molar-refractivity contribution is 6.32. The summed E-state index contributed by atoms with van der Waals surface area (Å²) in [5.74, 6) is 0.704. The molecule has 0 saturated carbocycles. The summed E-state index contributed by atoms with van der Waals surface area (Å²) in [5.41, 5.74) is 1.01. The van der Waals surface area contributed by atoms with Crippen LogP contribution < -0.4 is 10.1 Å². The average molecular weight is 240 g/mol. The topological polar surface area (TPSA) is 21.3 Å². The molecule has 0 fully saturated rings.